The third-order valence-electron chi connectivity index (χ3n) is 7.60. The largest absolute Gasteiger partial charge is 0.407 e. The van der Waals surface area contributed by atoms with Crippen molar-refractivity contribution in [1.29, 1.82) is 0 Å². The zero-order valence-corrected chi connectivity index (χ0v) is 23.5. The normalized spacial score (nSPS) is 14.9. The molecule has 3 heteroatoms. The number of benzene rings is 3. The van der Waals surface area contributed by atoms with Crippen molar-refractivity contribution >= 4 is 18.7 Å². The molecule has 0 N–H and O–H groups in total. The standard InChI is InChI=1S/C32H44O2Si/c1-26(28(3)27(2)24-33-25-29-16-10-7-11-17-29)22-23-34-35(32(4,5)6,30-18-12-8-13-19-30)31-20-14-9-15-21-31/h7-21,26-28H,22-25H2,1-6H3/t26-,27+,28-/m0/s1. The van der Waals surface area contributed by atoms with E-state index in [1.54, 1.807) is 0 Å². The zero-order chi connectivity index (χ0) is 25.3. The van der Waals surface area contributed by atoms with Gasteiger partial charge in [-0.1, -0.05) is 133 Å². The molecule has 0 aromatic heterocycles. The van der Waals surface area contributed by atoms with Crippen molar-refractivity contribution in [2.24, 2.45) is 17.8 Å². The topological polar surface area (TPSA) is 18.5 Å². The lowest BCUT2D eigenvalue weighted by atomic mass is 9.84. The van der Waals surface area contributed by atoms with E-state index in [1.807, 2.05) is 6.07 Å². The highest BCUT2D eigenvalue weighted by atomic mass is 28.4. The molecule has 3 rings (SSSR count). The van der Waals surface area contributed by atoms with Gasteiger partial charge < -0.3 is 9.16 Å². The maximum absolute atomic E-state index is 7.11. The minimum absolute atomic E-state index is 0.0170. The Bertz CT molecular complexity index is 943. The van der Waals surface area contributed by atoms with Crippen molar-refractivity contribution in [3.05, 3.63) is 96.6 Å². The molecular weight excluding hydrogens is 444 g/mol. The molecule has 2 nitrogen and oxygen atoms in total. The summed E-state index contributed by atoms with van der Waals surface area (Å²) >= 11 is 0. The minimum atomic E-state index is -2.46. The molecule has 3 atom stereocenters. The molecule has 0 aliphatic heterocycles. The maximum Gasteiger partial charge on any atom is 0.261 e. The predicted molar refractivity (Wildman–Crippen MR) is 152 cm³/mol. The molecule has 0 saturated carbocycles. The van der Waals surface area contributed by atoms with Crippen LogP contribution in [0.2, 0.25) is 5.04 Å². The van der Waals surface area contributed by atoms with Crippen molar-refractivity contribution in [3.63, 3.8) is 0 Å². The molecule has 0 radical (unpaired) electrons. The molecule has 0 spiro atoms. The van der Waals surface area contributed by atoms with Crippen LogP contribution in [0.3, 0.4) is 0 Å². The Morgan fingerprint density at radius 2 is 1.17 bits per heavy atom. The van der Waals surface area contributed by atoms with Crippen molar-refractivity contribution in [2.45, 2.75) is 59.6 Å². The monoisotopic (exact) mass is 488 g/mol. The number of rotatable bonds is 12. The fourth-order valence-corrected chi connectivity index (χ4v) is 9.65. The van der Waals surface area contributed by atoms with Gasteiger partial charge in [-0.3, -0.25) is 0 Å². The lowest BCUT2D eigenvalue weighted by Crippen LogP contribution is -2.66. The van der Waals surface area contributed by atoms with Crippen LogP contribution in [0.4, 0.5) is 0 Å². The molecule has 0 heterocycles. The van der Waals surface area contributed by atoms with E-state index in [2.05, 4.69) is 126 Å². The summed E-state index contributed by atoms with van der Waals surface area (Å²) in [7, 11) is -2.46. The van der Waals surface area contributed by atoms with Gasteiger partial charge in [0.05, 0.1) is 6.61 Å². The van der Waals surface area contributed by atoms with Crippen molar-refractivity contribution in [3.8, 4) is 0 Å². The summed E-state index contributed by atoms with van der Waals surface area (Å²) in [6, 6.07) is 32.3. The summed E-state index contributed by atoms with van der Waals surface area (Å²) in [5, 5.41) is 2.72. The molecule has 35 heavy (non-hydrogen) atoms. The van der Waals surface area contributed by atoms with Crippen LogP contribution in [-0.4, -0.2) is 21.5 Å². The molecule has 0 bridgehead atoms. The molecule has 0 saturated heterocycles. The summed E-state index contributed by atoms with van der Waals surface area (Å²) in [5.41, 5.74) is 1.24. The molecule has 0 amide bonds. The first kappa shape index (κ1) is 27.4. The second-order valence-corrected chi connectivity index (χ2v) is 15.4. The zero-order valence-electron chi connectivity index (χ0n) is 22.5. The van der Waals surface area contributed by atoms with E-state index >= 15 is 0 Å². The Labute approximate surface area is 214 Å². The molecule has 3 aromatic rings. The smallest absolute Gasteiger partial charge is 0.261 e. The highest BCUT2D eigenvalue weighted by Crippen LogP contribution is 2.37. The van der Waals surface area contributed by atoms with Gasteiger partial charge >= 0.3 is 0 Å². The second-order valence-electron chi connectivity index (χ2n) is 11.1. The Morgan fingerprint density at radius 1 is 0.686 bits per heavy atom. The lowest BCUT2D eigenvalue weighted by molar-refractivity contribution is 0.0617. The number of hydrogen-bond donors (Lipinski definition) is 0. The third-order valence-corrected chi connectivity index (χ3v) is 12.6. The van der Waals surface area contributed by atoms with Gasteiger partial charge in [0.15, 0.2) is 0 Å². The molecule has 0 unspecified atom stereocenters. The van der Waals surface area contributed by atoms with Crippen molar-refractivity contribution in [1.82, 2.24) is 0 Å². The second kappa shape index (κ2) is 12.7. The Kier molecular flexibility index (Phi) is 9.91. The van der Waals surface area contributed by atoms with Gasteiger partial charge in [-0.25, -0.2) is 0 Å². The van der Waals surface area contributed by atoms with E-state index < -0.39 is 8.32 Å². The van der Waals surface area contributed by atoms with Crippen LogP contribution in [0.25, 0.3) is 0 Å². The number of ether oxygens (including phenoxy) is 1. The van der Waals surface area contributed by atoms with Gasteiger partial charge in [-0.15, -0.1) is 0 Å². The fourth-order valence-electron chi connectivity index (χ4n) is 5.07. The van der Waals surface area contributed by atoms with Gasteiger partial charge in [0.2, 0.25) is 0 Å². The van der Waals surface area contributed by atoms with Crippen LogP contribution in [0, 0.1) is 17.8 Å². The highest BCUT2D eigenvalue weighted by Gasteiger charge is 2.50. The molecular formula is C32H44O2Si. The van der Waals surface area contributed by atoms with Gasteiger partial charge in [0.1, 0.15) is 0 Å². The summed E-state index contributed by atoms with van der Waals surface area (Å²) in [4.78, 5) is 0. The van der Waals surface area contributed by atoms with E-state index in [-0.39, 0.29) is 5.04 Å². The average Bonchev–Trinajstić information content (AvgIpc) is 2.87. The average molecular weight is 489 g/mol. The summed E-state index contributed by atoms with van der Waals surface area (Å²) in [6.45, 7) is 16.3. The minimum Gasteiger partial charge on any atom is -0.407 e. The molecule has 188 valence electrons. The van der Waals surface area contributed by atoms with Gasteiger partial charge in [0, 0.05) is 13.2 Å². The fraction of sp³-hybridized carbons (Fsp3) is 0.438. The summed E-state index contributed by atoms with van der Waals surface area (Å²) in [6.07, 6.45) is 1.05. The Morgan fingerprint density at radius 3 is 1.66 bits per heavy atom. The predicted octanol–water partition coefficient (Wildman–Crippen LogP) is 7.08. The van der Waals surface area contributed by atoms with Gasteiger partial charge in [-0.05, 0) is 45.1 Å². The highest BCUT2D eigenvalue weighted by molar-refractivity contribution is 6.99. The van der Waals surface area contributed by atoms with Crippen LogP contribution in [0.1, 0.15) is 53.5 Å². The van der Waals surface area contributed by atoms with Crippen molar-refractivity contribution < 1.29 is 9.16 Å². The third kappa shape index (κ3) is 6.94. The maximum atomic E-state index is 7.11. The lowest BCUT2D eigenvalue weighted by Gasteiger charge is -2.43. The Balaban J connectivity index is 1.65. The van der Waals surface area contributed by atoms with Crippen LogP contribution in [-0.2, 0) is 15.8 Å². The quantitative estimate of drug-likeness (QED) is 0.254. The molecule has 3 aromatic carbocycles. The SMILES string of the molecule is C[C@H]([C@H](C)COCc1ccccc1)[C@@H](C)CCO[Si](c1ccccc1)(c1ccccc1)C(C)(C)C. The van der Waals surface area contributed by atoms with E-state index in [0.29, 0.717) is 24.4 Å². The van der Waals surface area contributed by atoms with Crippen LogP contribution >= 0.6 is 0 Å². The van der Waals surface area contributed by atoms with E-state index in [0.717, 1.165) is 19.6 Å². The first-order chi connectivity index (χ1) is 16.8. The van der Waals surface area contributed by atoms with Crippen LogP contribution < -0.4 is 10.4 Å². The molecule has 0 fully saturated rings. The molecule has 0 aliphatic carbocycles. The van der Waals surface area contributed by atoms with E-state index in [9.17, 15) is 0 Å². The first-order valence-corrected chi connectivity index (χ1v) is 15.0. The van der Waals surface area contributed by atoms with Gasteiger partial charge in [0.25, 0.3) is 8.32 Å². The summed E-state index contributed by atoms with van der Waals surface area (Å²) < 4.78 is 13.2. The van der Waals surface area contributed by atoms with Crippen LogP contribution in [0.15, 0.2) is 91.0 Å². The first-order valence-electron chi connectivity index (χ1n) is 13.1. The van der Waals surface area contributed by atoms with E-state index in [1.165, 1.54) is 15.9 Å². The van der Waals surface area contributed by atoms with Crippen molar-refractivity contribution in [2.75, 3.05) is 13.2 Å². The van der Waals surface area contributed by atoms with Gasteiger partial charge in [-0.2, -0.15) is 0 Å². The summed E-state index contributed by atoms with van der Waals surface area (Å²) in [5.74, 6) is 1.62. The van der Waals surface area contributed by atoms with E-state index in [4.69, 9.17) is 9.16 Å². The molecule has 0 aliphatic rings. The van der Waals surface area contributed by atoms with Crippen LogP contribution in [0.5, 0.6) is 0 Å². The number of hydrogen-bond acceptors (Lipinski definition) is 2. The Hall–Kier alpha value is -2.20.